The van der Waals surface area contributed by atoms with E-state index in [0.717, 1.165) is 11.1 Å². The fourth-order valence-electron chi connectivity index (χ4n) is 3.90. The van der Waals surface area contributed by atoms with Crippen molar-refractivity contribution in [3.05, 3.63) is 89.7 Å². The molecule has 3 aromatic carbocycles. The summed E-state index contributed by atoms with van der Waals surface area (Å²) in [6, 6.07) is 19.7. The number of nitrogens with zero attached hydrogens (tertiary/aromatic N) is 1. The van der Waals surface area contributed by atoms with Crippen LogP contribution in [0.25, 0.3) is 0 Å². The summed E-state index contributed by atoms with van der Waals surface area (Å²) in [6.07, 6.45) is -0.509. The Hall–Kier alpha value is -3.39. The van der Waals surface area contributed by atoms with Gasteiger partial charge in [0.2, 0.25) is 0 Å². The standard InChI is InChI=1S/C27H29FN2O4S/c1-27(2,3)20-11-14-24-23(17-20)30(35(32,33)22-7-5-4-6-8-22)18-25(34-24)26(31)29-16-15-19-9-12-21(28)13-10-19/h4-14,17,25H,15-16,18H2,1-3H3,(H,29,31)/t25-/m1/s1. The highest BCUT2D eigenvalue weighted by atomic mass is 32.2. The van der Waals surface area contributed by atoms with Crippen LogP contribution in [0.4, 0.5) is 10.1 Å². The molecule has 0 saturated heterocycles. The molecule has 8 heteroatoms. The molecule has 1 amide bonds. The van der Waals surface area contributed by atoms with E-state index in [9.17, 15) is 17.6 Å². The number of hydrogen-bond acceptors (Lipinski definition) is 4. The Labute approximate surface area is 205 Å². The second-order valence-corrected chi connectivity index (χ2v) is 11.4. The first-order valence-electron chi connectivity index (χ1n) is 11.5. The quantitative estimate of drug-likeness (QED) is 0.548. The van der Waals surface area contributed by atoms with Crippen LogP contribution in [0.15, 0.2) is 77.7 Å². The van der Waals surface area contributed by atoms with Gasteiger partial charge in [-0.25, -0.2) is 12.8 Å². The number of hydrogen-bond donors (Lipinski definition) is 1. The van der Waals surface area contributed by atoms with Gasteiger partial charge in [0.1, 0.15) is 11.6 Å². The van der Waals surface area contributed by atoms with Gasteiger partial charge in [0, 0.05) is 6.54 Å². The molecule has 0 fully saturated rings. The van der Waals surface area contributed by atoms with Crippen molar-refractivity contribution in [3.63, 3.8) is 0 Å². The normalized spacial score (nSPS) is 15.8. The Balaban J connectivity index is 1.60. The Bertz CT molecular complexity index is 1300. The van der Waals surface area contributed by atoms with Crippen LogP contribution in [0.3, 0.4) is 0 Å². The van der Waals surface area contributed by atoms with Crippen LogP contribution in [-0.4, -0.2) is 33.5 Å². The molecule has 1 heterocycles. The second kappa shape index (κ2) is 9.70. The highest BCUT2D eigenvalue weighted by molar-refractivity contribution is 7.92. The fourth-order valence-corrected chi connectivity index (χ4v) is 5.39. The molecule has 1 atom stereocenters. The number of ether oxygens (including phenoxy) is 1. The molecule has 1 aliphatic rings. The van der Waals surface area contributed by atoms with Crippen LogP contribution in [0.5, 0.6) is 5.75 Å². The molecule has 0 aromatic heterocycles. The van der Waals surface area contributed by atoms with Gasteiger partial charge < -0.3 is 10.1 Å². The van der Waals surface area contributed by atoms with Gasteiger partial charge >= 0.3 is 0 Å². The molecule has 0 saturated carbocycles. The molecular formula is C27H29FN2O4S. The lowest BCUT2D eigenvalue weighted by atomic mass is 9.86. The lowest BCUT2D eigenvalue weighted by Crippen LogP contribution is -2.51. The zero-order valence-corrected chi connectivity index (χ0v) is 20.8. The van der Waals surface area contributed by atoms with Gasteiger partial charge in [0.25, 0.3) is 15.9 Å². The Morgan fingerprint density at radius 2 is 1.74 bits per heavy atom. The van der Waals surface area contributed by atoms with E-state index in [0.29, 0.717) is 24.4 Å². The van der Waals surface area contributed by atoms with Gasteiger partial charge in [-0.2, -0.15) is 0 Å². The molecule has 0 radical (unpaired) electrons. The van der Waals surface area contributed by atoms with Gasteiger partial charge in [-0.1, -0.05) is 57.2 Å². The van der Waals surface area contributed by atoms with Crippen molar-refractivity contribution >= 4 is 21.6 Å². The van der Waals surface area contributed by atoms with Crippen molar-refractivity contribution in [2.75, 3.05) is 17.4 Å². The third kappa shape index (κ3) is 5.48. The van der Waals surface area contributed by atoms with Crippen LogP contribution in [0.2, 0.25) is 0 Å². The minimum Gasteiger partial charge on any atom is -0.476 e. The van der Waals surface area contributed by atoms with Crippen molar-refractivity contribution in [2.45, 2.75) is 43.6 Å². The first-order chi connectivity index (χ1) is 16.6. The average molecular weight is 497 g/mol. The Kier molecular flexibility index (Phi) is 6.85. The first kappa shape index (κ1) is 24.7. The molecule has 3 aromatic rings. The lowest BCUT2D eigenvalue weighted by molar-refractivity contribution is -0.127. The SMILES string of the molecule is CC(C)(C)c1ccc2c(c1)N(S(=O)(=O)c1ccccc1)C[C@H](C(=O)NCCc1ccc(F)cc1)O2. The number of anilines is 1. The minimum absolute atomic E-state index is 0.143. The zero-order chi connectivity index (χ0) is 25.2. The molecule has 0 spiro atoms. The summed E-state index contributed by atoms with van der Waals surface area (Å²) in [5.41, 5.74) is 2.04. The summed E-state index contributed by atoms with van der Waals surface area (Å²) >= 11 is 0. The zero-order valence-electron chi connectivity index (χ0n) is 20.0. The number of fused-ring (bicyclic) bond motifs is 1. The highest BCUT2D eigenvalue weighted by Gasteiger charge is 2.38. The van der Waals surface area contributed by atoms with Crippen molar-refractivity contribution in [1.29, 1.82) is 0 Å². The van der Waals surface area contributed by atoms with Crippen LogP contribution in [0.1, 0.15) is 31.9 Å². The van der Waals surface area contributed by atoms with Crippen molar-refractivity contribution in [2.24, 2.45) is 0 Å². The number of sulfonamides is 1. The van der Waals surface area contributed by atoms with Crippen molar-refractivity contribution < 1.29 is 22.3 Å². The molecular weight excluding hydrogens is 467 g/mol. The van der Waals surface area contributed by atoms with Gasteiger partial charge in [0.15, 0.2) is 6.10 Å². The van der Waals surface area contributed by atoms with Gasteiger partial charge in [-0.3, -0.25) is 9.10 Å². The number of halogens is 1. The van der Waals surface area contributed by atoms with E-state index in [-0.39, 0.29) is 22.7 Å². The molecule has 1 aliphatic heterocycles. The van der Waals surface area contributed by atoms with Gasteiger partial charge in [-0.15, -0.1) is 0 Å². The van der Waals surface area contributed by atoms with E-state index in [1.54, 1.807) is 36.4 Å². The van der Waals surface area contributed by atoms with Crippen LogP contribution < -0.4 is 14.4 Å². The Morgan fingerprint density at radius 1 is 1.06 bits per heavy atom. The summed E-state index contributed by atoms with van der Waals surface area (Å²) in [4.78, 5) is 13.1. The van der Waals surface area contributed by atoms with E-state index in [1.807, 2.05) is 32.9 Å². The maximum Gasteiger partial charge on any atom is 0.264 e. The molecule has 184 valence electrons. The third-order valence-corrected chi connectivity index (χ3v) is 7.74. The van der Waals surface area contributed by atoms with E-state index < -0.39 is 22.0 Å². The number of benzene rings is 3. The van der Waals surface area contributed by atoms with E-state index in [4.69, 9.17) is 4.74 Å². The maximum atomic E-state index is 13.6. The number of rotatable bonds is 6. The summed E-state index contributed by atoms with van der Waals surface area (Å²) < 4.78 is 47.6. The maximum absolute atomic E-state index is 13.6. The molecule has 0 aliphatic carbocycles. The van der Waals surface area contributed by atoms with Gasteiger partial charge in [-0.05, 0) is 59.4 Å². The van der Waals surface area contributed by atoms with Crippen LogP contribution >= 0.6 is 0 Å². The highest BCUT2D eigenvalue weighted by Crippen LogP contribution is 2.40. The Morgan fingerprint density at radius 3 is 2.40 bits per heavy atom. The number of nitrogens with one attached hydrogen (secondary N) is 1. The van der Waals surface area contributed by atoms with Crippen molar-refractivity contribution in [3.8, 4) is 5.75 Å². The summed E-state index contributed by atoms with van der Waals surface area (Å²) in [5.74, 6) is -0.394. The smallest absolute Gasteiger partial charge is 0.264 e. The van der Waals surface area contributed by atoms with Crippen LogP contribution in [0, 0.1) is 5.82 Å². The predicted octanol–water partition coefficient (Wildman–Crippen LogP) is 4.44. The van der Waals surface area contributed by atoms with Crippen LogP contribution in [-0.2, 0) is 26.7 Å². The first-order valence-corrected chi connectivity index (χ1v) is 12.9. The van der Waals surface area contributed by atoms with E-state index in [2.05, 4.69) is 5.32 Å². The molecule has 0 unspecified atom stereocenters. The molecule has 35 heavy (non-hydrogen) atoms. The second-order valence-electron chi connectivity index (χ2n) is 9.56. The third-order valence-electron chi connectivity index (χ3n) is 5.94. The molecule has 6 nitrogen and oxygen atoms in total. The summed E-state index contributed by atoms with van der Waals surface area (Å²) in [5, 5.41) is 2.81. The topological polar surface area (TPSA) is 75.7 Å². The van der Waals surface area contributed by atoms with E-state index >= 15 is 0 Å². The van der Waals surface area contributed by atoms with E-state index in [1.165, 1.54) is 28.6 Å². The minimum atomic E-state index is -3.93. The monoisotopic (exact) mass is 496 g/mol. The lowest BCUT2D eigenvalue weighted by Gasteiger charge is -2.36. The molecule has 1 N–H and O–H groups in total. The molecule has 0 bridgehead atoms. The average Bonchev–Trinajstić information content (AvgIpc) is 2.84. The summed E-state index contributed by atoms with van der Waals surface area (Å²) in [7, 11) is -3.93. The fraction of sp³-hybridized carbons (Fsp3) is 0.296. The predicted molar refractivity (Wildman–Crippen MR) is 134 cm³/mol. The molecule has 4 rings (SSSR count). The van der Waals surface area contributed by atoms with Crippen molar-refractivity contribution in [1.82, 2.24) is 5.32 Å². The summed E-state index contributed by atoms with van der Waals surface area (Å²) in [6.45, 7) is 6.30. The van der Waals surface area contributed by atoms with Gasteiger partial charge in [0.05, 0.1) is 17.1 Å². The number of amides is 1. The number of carbonyl (C=O) groups is 1. The largest absolute Gasteiger partial charge is 0.476 e. The number of carbonyl (C=O) groups excluding carboxylic acids is 1.